The van der Waals surface area contributed by atoms with Crippen LogP contribution in [0.4, 0.5) is 24.0 Å². The van der Waals surface area contributed by atoms with Crippen LogP contribution in [0.15, 0.2) is 54.2 Å². The van der Waals surface area contributed by atoms with Crippen molar-refractivity contribution in [2.45, 2.75) is 32.4 Å². The van der Waals surface area contributed by atoms with Gasteiger partial charge in [-0.3, -0.25) is 0 Å². The van der Waals surface area contributed by atoms with Crippen molar-refractivity contribution < 1.29 is 17.9 Å². The highest BCUT2D eigenvalue weighted by atomic mass is 32.1. The topological polar surface area (TPSA) is 51.5 Å². The molecule has 0 aliphatic carbocycles. The van der Waals surface area contributed by atoms with Gasteiger partial charge in [-0.15, -0.1) is 11.3 Å². The van der Waals surface area contributed by atoms with Crippen LogP contribution in [0.1, 0.15) is 31.7 Å². The van der Waals surface area contributed by atoms with Gasteiger partial charge in [-0.2, -0.15) is 13.2 Å². The smallest absolute Gasteiger partial charge is 0.420 e. The molecule has 3 heterocycles. The predicted octanol–water partition coefficient (Wildman–Crippen LogP) is 6.79. The van der Waals surface area contributed by atoms with Gasteiger partial charge in [-0.1, -0.05) is 25.8 Å². The first-order chi connectivity index (χ1) is 14.9. The molecule has 4 aromatic rings. The maximum absolute atomic E-state index is 13.5. The number of imidazole rings is 1. The number of fused-ring (bicyclic) bond motifs is 1. The fraction of sp³-hybridized carbons (Fsp3) is 0.273. The Labute approximate surface area is 181 Å². The van der Waals surface area contributed by atoms with E-state index in [4.69, 9.17) is 4.74 Å². The molecule has 0 aliphatic rings. The molecular formula is C22H21F3N4OS. The number of halogens is 3. The van der Waals surface area contributed by atoms with Gasteiger partial charge in [0, 0.05) is 23.5 Å². The number of hydrogen-bond donors (Lipinski definition) is 1. The number of ether oxygens (including phenoxy) is 1. The number of benzene rings is 1. The average Bonchev–Trinajstić information content (AvgIpc) is 3.38. The van der Waals surface area contributed by atoms with Crippen molar-refractivity contribution in [3.63, 3.8) is 0 Å². The van der Waals surface area contributed by atoms with Crippen LogP contribution in [-0.4, -0.2) is 21.0 Å². The van der Waals surface area contributed by atoms with Crippen molar-refractivity contribution in [1.29, 1.82) is 0 Å². The predicted molar refractivity (Wildman–Crippen MR) is 116 cm³/mol. The van der Waals surface area contributed by atoms with E-state index in [0.717, 1.165) is 31.0 Å². The molecule has 4 rings (SSSR count). The summed E-state index contributed by atoms with van der Waals surface area (Å²) in [6.07, 6.45) is 1.85. The van der Waals surface area contributed by atoms with Crippen LogP contribution in [0.3, 0.4) is 0 Å². The molecule has 0 atom stereocenters. The third-order valence-electron chi connectivity index (χ3n) is 4.67. The molecule has 0 fully saturated rings. The number of aromatic nitrogens is 3. The van der Waals surface area contributed by atoms with Gasteiger partial charge < -0.3 is 14.5 Å². The lowest BCUT2D eigenvalue weighted by Crippen LogP contribution is -2.10. The molecule has 9 heteroatoms. The number of anilines is 2. The lowest BCUT2D eigenvalue weighted by atomic mass is 10.1. The van der Waals surface area contributed by atoms with Crippen LogP contribution in [0.25, 0.3) is 17.0 Å². The second-order valence-electron chi connectivity index (χ2n) is 7.02. The number of hydrogen-bond acceptors (Lipinski definition) is 5. The summed E-state index contributed by atoms with van der Waals surface area (Å²) in [5.41, 5.74) is 1.64. The maximum Gasteiger partial charge on any atom is 0.420 e. The Kier molecular flexibility index (Phi) is 6.13. The molecule has 31 heavy (non-hydrogen) atoms. The summed E-state index contributed by atoms with van der Waals surface area (Å²) in [5, 5.41) is 5.26. The summed E-state index contributed by atoms with van der Waals surface area (Å²) in [4.78, 5) is 8.99. The van der Waals surface area contributed by atoms with E-state index < -0.39 is 11.7 Å². The number of nitrogens with zero attached hydrogens (tertiary/aromatic N) is 3. The van der Waals surface area contributed by atoms with Gasteiger partial charge in [0.1, 0.15) is 22.8 Å². The lowest BCUT2D eigenvalue weighted by molar-refractivity contribution is -0.138. The van der Waals surface area contributed by atoms with Crippen LogP contribution in [0.5, 0.6) is 5.75 Å². The molecule has 1 aromatic carbocycles. The minimum absolute atomic E-state index is 0.154. The Morgan fingerprint density at radius 3 is 2.74 bits per heavy atom. The molecule has 3 aromatic heterocycles. The minimum atomic E-state index is -4.51. The third-order valence-corrected chi connectivity index (χ3v) is 5.43. The Bertz CT molecular complexity index is 1140. The van der Waals surface area contributed by atoms with Gasteiger partial charge in [-0.05, 0) is 36.8 Å². The normalized spacial score (nSPS) is 11.7. The number of rotatable bonds is 8. The largest absolute Gasteiger partial charge is 0.493 e. The fourth-order valence-corrected chi connectivity index (χ4v) is 3.84. The van der Waals surface area contributed by atoms with Crippen LogP contribution >= 0.6 is 11.3 Å². The molecular weight excluding hydrogens is 425 g/mol. The zero-order valence-electron chi connectivity index (χ0n) is 16.8. The number of unbranched alkanes of at least 4 members (excludes halogenated alkanes) is 2. The summed E-state index contributed by atoms with van der Waals surface area (Å²) in [6.45, 7) is 2.29. The molecule has 0 unspecified atom stereocenters. The maximum atomic E-state index is 13.5. The van der Waals surface area contributed by atoms with Gasteiger partial charge in [0.05, 0.1) is 12.2 Å². The van der Waals surface area contributed by atoms with Crippen molar-refractivity contribution in [3.8, 4) is 17.1 Å². The van der Waals surface area contributed by atoms with E-state index in [0.29, 0.717) is 22.2 Å². The molecule has 0 spiro atoms. The molecule has 5 nitrogen and oxygen atoms in total. The Morgan fingerprint density at radius 1 is 1.10 bits per heavy atom. The molecule has 162 valence electrons. The number of nitrogens with one attached hydrogen (secondary N) is 1. The average molecular weight is 446 g/mol. The number of thiazole rings is 1. The van der Waals surface area contributed by atoms with Crippen LogP contribution in [0, 0.1) is 0 Å². The third kappa shape index (κ3) is 4.99. The van der Waals surface area contributed by atoms with E-state index in [9.17, 15) is 13.2 Å². The second-order valence-corrected chi connectivity index (χ2v) is 7.88. The van der Waals surface area contributed by atoms with E-state index >= 15 is 0 Å². The van der Waals surface area contributed by atoms with Gasteiger partial charge in [0.25, 0.3) is 0 Å². The van der Waals surface area contributed by atoms with Gasteiger partial charge in [0.15, 0.2) is 5.13 Å². The first-order valence-corrected chi connectivity index (χ1v) is 10.8. The molecule has 1 N–H and O–H groups in total. The van der Waals surface area contributed by atoms with E-state index in [2.05, 4.69) is 15.3 Å². The molecule has 0 aliphatic heterocycles. The minimum Gasteiger partial charge on any atom is -0.493 e. The molecule has 0 radical (unpaired) electrons. The number of alkyl halides is 3. The summed E-state index contributed by atoms with van der Waals surface area (Å²) in [7, 11) is 0. The zero-order chi connectivity index (χ0) is 21.8. The Hall–Kier alpha value is -3.07. The molecule has 0 saturated carbocycles. The first-order valence-electron chi connectivity index (χ1n) is 9.95. The fourth-order valence-electron chi connectivity index (χ4n) is 3.12. The van der Waals surface area contributed by atoms with E-state index in [-0.39, 0.29) is 12.4 Å². The lowest BCUT2D eigenvalue weighted by Gasteiger charge is -2.15. The second kappa shape index (κ2) is 8.97. The molecule has 0 amide bonds. The van der Waals surface area contributed by atoms with Crippen LogP contribution in [-0.2, 0) is 6.18 Å². The van der Waals surface area contributed by atoms with Gasteiger partial charge in [0.2, 0.25) is 0 Å². The molecule has 0 bridgehead atoms. The van der Waals surface area contributed by atoms with Gasteiger partial charge in [-0.25, -0.2) is 9.97 Å². The highest BCUT2D eigenvalue weighted by Gasteiger charge is 2.34. The quantitative estimate of drug-likeness (QED) is 0.303. The Balaban J connectivity index is 1.52. The van der Waals surface area contributed by atoms with Crippen molar-refractivity contribution in [2.75, 3.05) is 11.9 Å². The molecule has 0 saturated heterocycles. The van der Waals surface area contributed by atoms with Crippen LogP contribution < -0.4 is 10.1 Å². The van der Waals surface area contributed by atoms with Crippen molar-refractivity contribution in [2.24, 2.45) is 0 Å². The van der Waals surface area contributed by atoms with Crippen LogP contribution in [0.2, 0.25) is 0 Å². The zero-order valence-corrected chi connectivity index (χ0v) is 17.6. The van der Waals surface area contributed by atoms with E-state index in [1.807, 2.05) is 47.3 Å². The first kappa shape index (κ1) is 21.2. The van der Waals surface area contributed by atoms with E-state index in [1.54, 1.807) is 6.07 Å². The van der Waals surface area contributed by atoms with E-state index in [1.165, 1.54) is 17.4 Å². The number of pyridine rings is 1. The summed E-state index contributed by atoms with van der Waals surface area (Å²) in [6, 6.07) is 9.67. The summed E-state index contributed by atoms with van der Waals surface area (Å²) >= 11 is 1.30. The monoisotopic (exact) mass is 446 g/mol. The van der Waals surface area contributed by atoms with Crippen molar-refractivity contribution in [3.05, 3.63) is 59.7 Å². The SMILES string of the molecule is CCCCCOc1ccc(Nc2nc(-c3cn4ccccc4n3)cs2)cc1C(F)(F)F. The highest BCUT2D eigenvalue weighted by Crippen LogP contribution is 2.39. The van der Waals surface area contributed by atoms with Crippen molar-refractivity contribution >= 4 is 27.8 Å². The highest BCUT2D eigenvalue weighted by molar-refractivity contribution is 7.14. The summed E-state index contributed by atoms with van der Waals surface area (Å²) < 4.78 is 47.9. The standard InChI is InChI=1S/C22H21F3N4OS/c1-2-3-6-11-30-19-9-8-15(12-16(19)22(23,24)25)26-21-28-18(14-31-21)17-13-29-10-5-4-7-20(29)27-17/h4-5,7-10,12-14H,2-3,6,11H2,1H3,(H,26,28). The van der Waals surface area contributed by atoms with Crippen molar-refractivity contribution in [1.82, 2.24) is 14.4 Å². The summed E-state index contributed by atoms with van der Waals surface area (Å²) in [5.74, 6) is -0.154. The van der Waals surface area contributed by atoms with Gasteiger partial charge >= 0.3 is 6.18 Å². The Morgan fingerprint density at radius 2 is 1.97 bits per heavy atom.